The lowest BCUT2D eigenvalue weighted by Gasteiger charge is -2.37. The van der Waals surface area contributed by atoms with Crippen LogP contribution in [0.5, 0.6) is 0 Å². The summed E-state index contributed by atoms with van der Waals surface area (Å²) in [4.78, 5) is 6.86. The van der Waals surface area contributed by atoms with Crippen LogP contribution in [0.2, 0.25) is 0 Å². The Morgan fingerprint density at radius 2 is 1.84 bits per heavy atom. The number of guanidine groups is 1. The predicted molar refractivity (Wildman–Crippen MR) is 119 cm³/mol. The van der Waals surface area contributed by atoms with Gasteiger partial charge in [-0.25, -0.2) is 0 Å². The lowest BCUT2D eigenvalue weighted by molar-refractivity contribution is 0.00752. The van der Waals surface area contributed by atoms with E-state index < -0.39 is 0 Å². The molecule has 1 heterocycles. The van der Waals surface area contributed by atoms with Gasteiger partial charge in [-0.15, -0.1) is 24.0 Å². The largest absolute Gasteiger partial charge is 0.379 e. The Morgan fingerprint density at radius 3 is 2.40 bits per heavy atom. The summed E-state index contributed by atoms with van der Waals surface area (Å²) >= 11 is 3.46. The first-order chi connectivity index (χ1) is 11.6. The number of aliphatic imine (C=N–C) groups is 1. The summed E-state index contributed by atoms with van der Waals surface area (Å²) in [5.41, 5.74) is 1.23. The molecular formula is C18H30BrIN4O. The predicted octanol–water partition coefficient (Wildman–Crippen LogP) is 3.09. The average Bonchev–Trinajstić information content (AvgIpc) is 2.60. The highest BCUT2D eigenvalue weighted by Gasteiger charge is 2.23. The second-order valence-corrected chi connectivity index (χ2v) is 7.31. The fraction of sp³-hybridized carbons (Fsp3) is 0.611. The van der Waals surface area contributed by atoms with Crippen LogP contribution >= 0.6 is 39.9 Å². The smallest absolute Gasteiger partial charge is 0.191 e. The number of morpholine rings is 1. The molecule has 1 aromatic rings. The molecule has 5 nitrogen and oxygen atoms in total. The molecule has 25 heavy (non-hydrogen) atoms. The molecule has 0 amide bonds. The number of hydrogen-bond donors (Lipinski definition) is 2. The van der Waals surface area contributed by atoms with E-state index in [4.69, 9.17) is 4.74 Å². The number of nitrogens with zero attached hydrogens (tertiary/aromatic N) is 2. The minimum atomic E-state index is 0. The van der Waals surface area contributed by atoms with Gasteiger partial charge in [-0.05, 0) is 23.6 Å². The van der Waals surface area contributed by atoms with Crippen molar-refractivity contribution in [2.75, 3.05) is 39.9 Å². The van der Waals surface area contributed by atoms with Gasteiger partial charge in [-0.1, -0.05) is 41.9 Å². The van der Waals surface area contributed by atoms with Crippen LogP contribution in [0.25, 0.3) is 0 Å². The number of rotatable bonds is 6. The number of hydrogen-bond acceptors (Lipinski definition) is 3. The summed E-state index contributed by atoms with van der Waals surface area (Å²) in [6.45, 7) is 9.89. The van der Waals surface area contributed by atoms with Gasteiger partial charge in [0.25, 0.3) is 0 Å². The molecule has 7 heteroatoms. The minimum Gasteiger partial charge on any atom is -0.379 e. The molecule has 1 aliphatic heterocycles. The average molecular weight is 525 g/mol. The van der Waals surface area contributed by atoms with Crippen LogP contribution in [0.1, 0.15) is 19.4 Å². The Labute approximate surface area is 177 Å². The number of benzene rings is 1. The van der Waals surface area contributed by atoms with E-state index in [2.05, 4.69) is 74.6 Å². The maximum atomic E-state index is 5.47. The van der Waals surface area contributed by atoms with Crippen molar-refractivity contribution in [2.45, 2.75) is 26.4 Å². The molecule has 1 saturated heterocycles. The Kier molecular flexibility index (Phi) is 11.0. The van der Waals surface area contributed by atoms with E-state index in [1.54, 1.807) is 0 Å². The third-order valence-electron chi connectivity index (χ3n) is 4.36. The van der Waals surface area contributed by atoms with Gasteiger partial charge in [-0.3, -0.25) is 9.89 Å². The fourth-order valence-corrected chi connectivity index (χ4v) is 3.17. The summed E-state index contributed by atoms with van der Waals surface area (Å²) in [6.07, 6.45) is 0. The van der Waals surface area contributed by atoms with Crippen molar-refractivity contribution < 1.29 is 4.74 Å². The van der Waals surface area contributed by atoms with Crippen LogP contribution in [0.15, 0.2) is 33.7 Å². The first-order valence-corrected chi connectivity index (χ1v) is 9.40. The third-order valence-corrected chi connectivity index (χ3v) is 4.89. The van der Waals surface area contributed by atoms with Gasteiger partial charge >= 0.3 is 0 Å². The molecule has 0 aromatic heterocycles. The first-order valence-electron chi connectivity index (χ1n) is 8.61. The van der Waals surface area contributed by atoms with Crippen molar-refractivity contribution in [3.63, 3.8) is 0 Å². The summed E-state index contributed by atoms with van der Waals surface area (Å²) in [6, 6.07) is 8.81. The van der Waals surface area contributed by atoms with Crippen LogP contribution in [-0.2, 0) is 11.3 Å². The molecule has 1 atom stereocenters. The Hall–Kier alpha value is -0.380. The van der Waals surface area contributed by atoms with E-state index in [1.165, 1.54) is 5.56 Å². The van der Waals surface area contributed by atoms with Gasteiger partial charge in [0.15, 0.2) is 5.96 Å². The van der Waals surface area contributed by atoms with Crippen LogP contribution in [0.4, 0.5) is 0 Å². The highest BCUT2D eigenvalue weighted by atomic mass is 127. The SMILES string of the molecule is CN=C(NCc1ccc(Br)cc1)NCC(C(C)C)N1CCOCC1.I. The molecule has 0 spiro atoms. The van der Waals surface area contributed by atoms with E-state index in [9.17, 15) is 0 Å². The topological polar surface area (TPSA) is 48.9 Å². The Bertz CT molecular complexity index is 518. The quantitative estimate of drug-likeness (QED) is 0.341. The second-order valence-electron chi connectivity index (χ2n) is 6.39. The number of nitrogens with one attached hydrogen (secondary N) is 2. The summed E-state index contributed by atoms with van der Waals surface area (Å²) in [5, 5.41) is 6.86. The van der Waals surface area contributed by atoms with Gasteiger partial charge < -0.3 is 15.4 Å². The van der Waals surface area contributed by atoms with E-state index in [0.717, 1.165) is 49.8 Å². The molecule has 0 aliphatic carbocycles. The molecule has 2 rings (SSSR count). The van der Waals surface area contributed by atoms with E-state index in [1.807, 2.05) is 7.05 Å². The highest BCUT2D eigenvalue weighted by Crippen LogP contribution is 2.12. The molecule has 0 bridgehead atoms. The van der Waals surface area contributed by atoms with Crippen molar-refractivity contribution in [1.82, 2.24) is 15.5 Å². The molecule has 0 saturated carbocycles. The maximum Gasteiger partial charge on any atom is 0.191 e. The highest BCUT2D eigenvalue weighted by molar-refractivity contribution is 14.0. The Balaban J connectivity index is 0.00000312. The van der Waals surface area contributed by atoms with Crippen molar-refractivity contribution in [3.8, 4) is 0 Å². The molecular weight excluding hydrogens is 495 g/mol. The van der Waals surface area contributed by atoms with E-state index in [-0.39, 0.29) is 24.0 Å². The molecule has 0 radical (unpaired) electrons. The monoisotopic (exact) mass is 524 g/mol. The molecule has 142 valence electrons. The van der Waals surface area contributed by atoms with Gasteiger partial charge in [-0.2, -0.15) is 0 Å². The molecule has 1 fully saturated rings. The fourth-order valence-electron chi connectivity index (χ4n) is 2.91. The van der Waals surface area contributed by atoms with Crippen molar-refractivity contribution in [1.29, 1.82) is 0 Å². The summed E-state index contributed by atoms with van der Waals surface area (Å²) in [7, 11) is 1.82. The van der Waals surface area contributed by atoms with Gasteiger partial charge in [0, 0.05) is 43.7 Å². The summed E-state index contributed by atoms with van der Waals surface area (Å²) in [5.74, 6) is 1.43. The lowest BCUT2D eigenvalue weighted by Crippen LogP contribution is -2.52. The van der Waals surface area contributed by atoms with Gasteiger partial charge in [0.05, 0.1) is 13.2 Å². The van der Waals surface area contributed by atoms with Crippen LogP contribution in [0.3, 0.4) is 0 Å². The van der Waals surface area contributed by atoms with Gasteiger partial charge in [0.2, 0.25) is 0 Å². The molecule has 1 unspecified atom stereocenters. The van der Waals surface area contributed by atoms with Crippen molar-refractivity contribution in [2.24, 2.45) is 10.9 Å². The first kappa shape index (κ1) is 22.7. The summed E-state index contributed by atoms with van der Waals surface area (Å²) < 4.78 is 6.57. The maximum absolute atomic E-state index is 5.47. The number of ether oxygens (including phenoxy) is 1. The standard InChI is InChI=1S/C18H29BrN4O.HI/c1-14(2)17(23-8-10-24-11-9-23)13-22-18(20-3)21-12-15-4-6-16(19)7-5-15;/h4-7,14,17H,8-13H2,1-3H3,(H2,20,21,22);1H. The molecule has 1 aromatic carbocycles. The third kappa shape index (κ3) is 7.80. The zero-order chi connectivity index (χ0) is 17.4. The van der Waals surface area contributed by atoms with Crippen molar-refractivity contribution >= 4 is 45.9 Å². The van der Waals surface area contributed by atoms with Gasteiger partial charge in [0.1, 0.15) is 0 Å². The van der Waals surface area contributed by atoms with Crippen molar-refractivity contribution in [3.05, 3.63) is 34.3 Å². The van der Waals surface area contributed by atoms with Crippen LogP contribution in [0, 0.1) is 5.92 Å². The molecule has 1 aliphatic rings. The van der Waals surface area contributed by atoms with Crippen LogP contribution in [-0.4, -0.2) is 56.8 Å². The van der Waals surface area contributed by atoms with E-state index >= 15 is 0 Å². The molecule has 2 N–H and O–H groups in total. The lowest BCUT2D eigenvalue weighted by atomic mass is 10.0. The zero-order valence-electron chi connectivity index (χ0n) is 15.3. The van der Waals surface area contributed by atoms with E-state index in [0.29, 0.717) is 12.0 Å². The zero-order valence-corrected chi connectivity index (χ0v) is 19.2. The normalized spacial score (nSPS) is 17.1. The second kappa shape index (κ2) is 12.1. The number of halogens is 2. The van der Waals surface area contributed by atoms with Crippen LogP contribution < -0.4 is 10.6 Å². The Morgan fingerprint density at radius 1 is 1.20 bits per heavy atom. The minimum absolute atomic E-state index is 0.